The van der Waals surface area contributed by atoms with Gasteiger partial charge in [-0.1, -0.05) is 113 Å². The van der Waals surface area contributed by atoms with Gasteiger partial charge in [-0.3, -0.25) is 9.13 Å². The fraction of sp³-hybridized carbons (Fsp3) is 0.294. The van der Waals surface area contributed by atoms with E-state index < -0.39 is 30.6 Å². The van der Waals surface area contributed by atoms with Gasteiger partial charge in [0.25, 0.3) is 0 Å². The SMILES string of the molecule is CCOP(=O)(CCP(CCP(CCP(=O)(OCC)c1ccccc1)c1ccccc1)c1ccccc1)c1ccccc1. The number of benzene rings is 4. The highest BCUT2D eigenvalue weighted by Crippen LogP contribution is 2.52. The van der Waals surface area contributed by atoms with Crippen LogP contribution in [0.1, 0.15) is 13.8 Å². The third-order valence-corrected chi connectivity index (χ3v) is 18.5. The van der Waals surface area contributed by atoms with Crippen LogP contribution in [-0.4, -0.2) is 50.2 Å². The molecule has 0 aliphatic rings. The van der Waals surface area contributed by atoms with Crippen molar-refractivity contribution in [1.82, 2.24) is 0 Å². The standard InChI is InChI=1S/C34H42O4P4/c1-3-37-41(35,33-21-13-7-14-22-33)29-27-39(31-17-9-5-10-18-31)25-26-40(32-19-11-6-12-20-32)28-30-42(36,38-4-2)34-23-15-8-16-24-34/h5-24H,3-4,25-30H2,1-2H3. The Balaban J connectivity index is 1.54. The average molecular weight is 639 g/mol. The van der Waals surface area contributed by atoms with E-state index in [1.54, 1.807) is 0 Å². The van der Waals surface area contributed by atoms with Gasteiger partial charge in [0.05, 0.1) is 13.2 Å². The Kier molecular flexibility index (Phi) is 13.2. The second-order valence-electron chi connectivity index (χ2n) is 9.95. The Morgan fingerprint density at radius 2 is 0.786 bits per heavy atom. The zero-order valence-electron chi connectivity index (χ0n) is 24.6. The average Bonchev–Trinajstić information content (AvgIpc) is 3.04. The van der Waals surface area contributed by atoms with E-state index in [2.05, 4.69) is 60.7 Å². The van der Waals surface area contributed by atoms with E-state index in [9.17, 15) is 9.13 Å². The summed E-state index contributed by atoms with van der Waals surface area (Å²) in [7, 11) is -7.06. The van der Waals surface area contributed by atoms with Crippen LogP contribution in [0.15, 0.2) is 121 Å². The van der Waals surface area contributed by atoms with Crippen molar-refractivity contribution in [3.63, 3.8) is 0 Å². The first kappa shape index (κ1) is 33.0. The molecule has 0 amide bonds. The Labute approximate surface area is 254 Å². The maximum Gasteiger partial charge on any atom is 0.232 e. The smallest absolute Gasteiger partial charge is 0.232 e. The summed E-state index contributed by atoms with van der Waals surface area (Å²) in [5.74, 6) is 0. The molecule has 4 nitrogen and oxygen atoms in total. The Bertz CT molecular complexity index is 1310. The molecular formula is C34H42O4P4. The van der Waals surface area contributed by atoms with Crippen LogP contribution in [0.25, 0.3) is 0 Å². The first-order chi connectivity index (χ1) is 20.5. The van der Waals surface area contributed by atoms with Crippen molar-refractivity contribution in [2.45, 2.75) is 13.8 Å². The summed E-state index contributed by atoms with van der Waals surface area (Å²) < 4.78 is 40.1. The Morgan fingerprint density at radius 1 is 0.476 bits per heavy atom. The van der Waals surface area contributed by atoms with E-state index in [1.165, 1.54) is 10.6 Å². The van der Waals surface area contributed by atoms with E-state index in [1.807, 2.05) is 74.5 Å². The zero-order chi connectivity index (χ0) is 29.7. The molecule has 4 aromatic carbocycles. The summed E-state index contributed by atoms with van der Waals surface area (Å²) in [5.41, 5.74) is 0. The van der Waals surface area contributed by atoms with E-state index >= 15 is 0 Å². The van der Waals surface area contributed by atoms with Gasteiger partial charge in [-0.2, -0.15) is 0 Å². The molecule has 0 fully saturated rings. The van der Waals surface area contributed by atoms with Crippen molar-refractivity contribution < 1.29 is 18.2 Å². The van der Waals surface area contributed by atoms with Crippen molar-refractivity contribution in [3.8, 4) is 0 Å². The van der Waals surface area contributed by atoms with Gasteiger partial charge in [0, 0.05) is 22.9 Å². The topological polar surface area (TPSA) is 52.6 Å². The molecule has 0 aromatic heterocycles. The second-order valence-corrected chi connectivity index (χ2v) is 20.1. The molecule has 0 aliphatic carbocycles. The molecule has 4 atom stereocenters. The van der Waals surface area contributed by atoms with Crippen LogP contribution in [-0.2, 0) is 18.2 Å². The van der Waals surface area contributed by atoms with Gasteiger partial charge >= 0.3 is 0 Å². The molecule has 0 radical (unpaired) electrons. The summed E-state index contributed by atoms with van der Waals surface area (Å²) >= 11 is 0. The summed E-state index contributed by atoms with van der Waals surface area (Å²) in [6.07, 6.45) is 4.77. The summed E-state index contributed by atoms with van der Waals surface area (Å²) in [4.78, 5) is 0. The predicted octanol–water partition coefficient (Wildman–Crippen LogP) is 7.88. The first-order valence-corrected chi connectivity index (χ1v) is 21.7. The molecule has 0 aliphatic heterocycles. The number of hydrogen-bond donors (Lipinski definition) is 0. The van der Waals surface area contributed by atoms with Crippen LogP contribution in [0.4, 0.5) is 0 Å². The highest BCUT2D eigenvalue weighted by molar-refractivity contribution is 7.72. The monoisotopic (exact) mass is 638 g/mol. The maximum atomic E-state index is 14.1. The van der Waals surface area contributed by atoms with Crippen molar-refractivity contribution in [3.05, 3.63) is 121 Å². The van der Waals surface area contributed by atoms with Crippen LogP contribution >= 0.6 is 30.6 Å². The molecule has 0 saturated heterocycles. The molecule has 0 bridgehead atoms. The molecule has 0 heterocycles. The Hall–Kier alpha value is -1.88. The van der Waals surface area contributed by atoms with Crippen molar-refractivity contribution >= 4 is 51.8 Å². The third kappa shape index (κ3) is 9.31. The largest absolute Gasteiger partial charge is 0.326 e. The van der Waals surface area contributed by atoms with Crippen molar-refractivity contribution in [1.29, 1.82) is 0 Å². The molecule has 42 heavy (non-hydrogen) atoms. The van der Waals surface area contributed by atoms with Crippen LogP contribution in [0.2, 0.25) is 0 Å². The molecule has 4 rings (SSSR count). The van der Waals surface area contributed by atoms with Gasteiger partial charge in [-0.15, -0.1) is 0 Å². The molecule has 0 spiro atoms. The molecule has 0 saturated carbocycles. The normalized spacial score (nSPS) is 15.8. The first-order valence-electron chi connectivity index (χ1n) is 14.7. The molecule has 4 unspecified atom stereocenters. The third-order valence-electron chi connectivity index (χ3n) is 7.19. The number of hydrogen-bond acceptors (Lipinski definition) is 4. The maximum absolute atomic E-state index is 14.1. The van der Waals surface area contributed by atoms with Gasteiger partial charge in [-0.25, -0.2) is 0 Å². The number of rotatable bonds is 17. The molecule has 4 aromatic rings. The molecular weight excluding hydrogens is 596 g/mol. The summed E-state index contributed by atoms with van der Waals surface area (Å²) in [6, 6.07) is 40.7. The van der Waals surface area contributed by atoms with Gasteiger partial charge < -0.3 is 9.05 Å². The van der Waals surface area contributed by atoms with E-state index in [0.717, 1.165) is 35.3 Å². The quantitative estimate of drug-likeness (QED) is 0.111. The molecule has 0 N–H and O–H groups in total. The molecule has 8 heteroatoms. The summed E-state index contributed by atoms with van der Waals surface area (Å²) in [5, 5.41) is 4.26. The predicted molar refractivity (Wildman–Crippen MR) is 186 cm³/mol. The zero-order valence-corrected chi connectivity index (χ0v) is 28.2. The van der Waals surface area contributed by atoms with Gasteiger partial charge in [-0.05, 0) is 73.4 Å². The fourth-order valence-electron chi connectivity index (χ4n) is 5.03. The minimum atomic E-state index is -2.96. The lowest BCUT2D eigenvalue weighted by Crippen LogP contribution is -2.18. The lowest BCUT2D eigenvalue weighted by Gasteiger charge is -2.26. The van der Waals surface area contributed by atoms with Crippen molar-refractivity contribution in [2.24, 2.45) is 0 Å². The van der Waals surface area contributed by atoms with Gasteiger partial charge in [0.15, 0.2) is 0 Å². The van der Waals surface area contributed by atoms with Crippen LogP contribution in [0, 0.1) is 0 Å². The van der Waals surface area contributed by atoms with Crippen LogP contribution < -0.4 is 21.2 Å². The van der Waals surface area contributed by atoms with Crippen LogP contribution in [0.3, 0.4) is 0 Å². The Morgan fingerprint density at radius 3 is 1.10 bits per heavy atom. The lowest BCUT2D eigenvalue weighted by molar-refractivity contribution is 0.341. The second kappa shape index (κ2) is 16.8. The highest BCUT2D eigenvalue weighted by Gasteiger charge is 2.29. The van der Waals surface area contributed by atoms with Gasteiger partial charge in [0.1, 0.15) is 0 Å². The highest BCUT2D eigenvalue weighted by atomic mass is 31.2. The summed E-state index contributed by atoms with van der Waals surface area (Å²) in [6.45, 7) is 4.68. The van der Waals surface area contributed by atoms with Crippen LogP contribution in [0.5, 0.6) is 0 Å². The van der Waals surface area contributed by atoms with E-state index in [0.29, 0.717) is 25.5 Å². The van der Waals surface area contributed by atoms with E-state index in [4.69, 9.17) is 9.05 Å². The minimum Gasteiger partial charge on any atom is -0.326 e. The fourth-order valence-corrected chi connectivity index (χ4v) is 16.8. The minimum absolute atomic E-state index is 0.427. The van der Waals surface area contributed by atoms with Crippen molar-refractivity contribution in [2.75, 3.05) is 50.2 Å². The lowest BCUT2D eigenvalue weighted by atomic mass is 10.4. The van der Waals surface area contributed by atoms with E-state index in [-0.39, 0.29) is 0 Å². The molecule has 222 valence electrons. The van der Waals surface area contributed by atoms with Gasteiger partial charge in [0.2, 0.25) is 14.7 Å².